The Morgan fingerprint density at radius 3 is 2.93 bits per heavy atom. The molecule has 15 heavy (non-hydrogen) atoms. The number of amides is 1. The molecule has 0 saturated carbocycles. The number of hydrogen-bond acceptors (Lipinski definition) is 5. The average molecular weight is 213 g/mol. The van der Waals surface area contributed by atoms with Crippen molar-refractivity contribution in [2.75, 3.05) is 0 Å². The molecule has 0 bridgehead atoms. The maximum absolute atomic E-state index is 11.2. The zero-order valence-corrected chi connectivity index (χ0v) is 8.86. The molecule has 0 saturated heterocycles. The van der Waals surface area contributed by atoms with Gasteiger partial charge in [-0.1, -0.05) is 5.16 Å². The Hall–Kier alpha value is -1.43. The summed E-state index contributed by atoms with van der Waals surface area (Å²) < 4.78 is 4.82. The number of aryl methyl sites for hydroxylation is 1. The van der Waals surface area contributed by atoms with E-state index in [1.807, 2.05) is 0 Å². The second-order valence-corrected chi connectivity index (χ2v) is 3.40. The van der Waals surface area contributed by atoms with Crippen LogP contribution in [0.5, 0.6) is 0 Å². The Balaban J connectivity index is 2.22. The number of hydrogen-bond donors (Lipinski definition) is 2. The van der Waals surface area contributed by atoms with Gasteiger partial charge in [-0.15, -0.1) is 0 Å². The minimum Gasteiger partial charge on any atom is -0.393 e. The van der Waals surface area contributed by atoms with Crippen molar-refractivity contribution in [3.8, 4) is 0 Å². The Kier molecular flexibility index (Phi) is 4.23. The molecule has 0 aliphatic heterocycles. The minimum absolute atomic E-state index is 0.133. The van der Waals surface area contributed by atoms with Crippen molar-refractivity contribution >= 4 is 5.91 Å². The lowest BCUT2D eigenvalue weighted by Gasteiger charge is -2.03. The molecule has 1 atom stereocenters. The average Bonchev–Trinajstić information content (AvgIpc) is 2.58. The predicted molar refractivity (Wildman–Crippen MR) is 51.8 cm³/mol. The van der Waals surface area contributed by atoms with Crippen LogP contribution in [0.25, 0.3) is 0 Å². The van der Waals surface area contributed by atoms with Crippen molar-refractivity contribution in [3.05, 3.63) is 11.7 Å². The Morgan fingerprint density at radius 2 is 2.40 bits per heavy atom. The van der Waals surface area contributed by atoms with Crippen LogP contribution in [0, 0.1) is 6.92 Å². The third kappa shape index (κ3) is 4.55. The molecule has 1 amide bonds. The van der Waals surface area contributed by atoms with Gasteiger partial charge in [0.15, 0.2) is 5.82 Å². The van der Waals surface area contributed by atoms with Crippen LogP contribution in [0.15, 0.2) is 4.52 Å². The number of nitrogens with one attached hydrogen (secondary N) is 1. The zero-order valence-electron chi connectivity index (χ0n) is 8.86. The van der Waals surface area contributed by atoms with E-state index < -0.39 is 6.10 Å². The topological polar surface area (TPSA) is 88.2 Å². The molecule has 1 heterocycles. The first-order valence-electron chi connectivity index (χ1n) is 4.82. The van der Waals surface area contributed by atoms with E-state index in [9.17, 15) is 4.79 Å². The van der Waals surface area contributed by atoms with Crippen molar-refractivity contribution in [1.82, 2.24) is 15.5 Å². The first kappa shape index (κ1) is 11.6. The van der Waals surface area contributed by atoms with Gasteiger partial charge in [0.2, 0.25) is 11.8 Å². The minimum atomic E-state index is -0.457. The lowest BCUT2D eigenvalue weighted by Crippen LogP contribution is -2.23. The van der Waals surface area contributed by atoms with E-state index >= 15 is 0 Å². The number of carbonyl (C=O) groups is 1. The normalized spacial score (nSPS) is 12.5. The molecule has 1 rings (SSSR count). The fourth-order valence-corrected chi connectivity index (χ4v) is 1.01. The van der Waals surface area contributed by atoms with Crippen LogP contribution in [0.2, 0.25) is 0 Å². The van der Waals surface area contributed by atoms with Crippen LogP contribution in [-0.4, -0.2) is 27.3 Å². The van der Waals surface area contributed by atoms with Gasteiger partial charge < -0.3 is 14.9 Å². The second-order valence-electron chi connectivity index (χ2n) is 3.40. The summed E-state index contributed by atoms with van der Waals surface area (Å²) in [6.07, 6.45) is 0.292. The molecule has 1 unspecified atom stereocenters. The Morgan fingerprint density at radius 1 is 1.67 bits per heavy atom. The van der Waals surface area contributed by atoms with Gasteiger partial charge in [0, 0.05) is 6.42 Å². The van der Waals surface area contributed by atoms with E-state index in [4.69, 9.17) is 9.63 Å². The zero-order chi connectivity index (χ0) is 11.3. The van der Waals surface area contributed by atoms with E-state index in [1.165, 1.54) is 0 Å². The largest absolute Gasteiger partial charge is 0.393 e. The van der Waals surface area contributed by atoms with E-state index in [0.29, 0.717) is 24.6 Å². The van der Waals surface area contributed by atoms with E-state index in [1.54, 1.807) is 13.8 Å². The van der Waals surface area contributed by atoms with Gasteiger partial charge in [0.1, 0.15) is 0 Å². The molecule has 2 N–H and O–H groups in total. The van der Waals surface area contributed by atoms with Crippen LogP contribution in [-0.2, 0) is 11.3 Å². The number of aliphatic hydroxyl groups is 1. The molecule has 6 heteroatoms. The quantitative estimate of drug-likeness (QED) is 0.727. The summed E-state index contributed by atoms with van der Waals surface area (Å²) in [5.41, 5.74) is 0. The predicted octanol–water partition coefficient (Wildman–Crippen LogP) is 0.155. The summed E-state index contributed by atoms with van der Waals surface area (Å²) in [6, 6.07) is 0. The van der Waals surface area contributed by atoms with Crippen molar-refractivity contribution < 1.29 is 14.4 Å². The highest BCUT2D eigenvalue weighted by atomic mass is 16.5. The maximum Gasteiger partial charge on any atom is 0.246 e. The fraction of sp³-hybridized carbons (Fsp3) is 0.667. The van der Waals surface area contributed by atoms with Crippen molar-refractivity contribution in [2.24, 2.45) is 0 Å². The Labute approximate surface area is 87.7 Å². The van der Waals surface area contributed by atoms with E-state index in [-0.39, 0.29) is 12.5 Å². The number of carbonyl (C=O) groups excluding carboxylic acids is 1. The molecule has 1 aromatic heterocycles. The summed E-state index contributed by atoms with van der Waals surface area (Å²) in [6.45, 7) is 3.59. The number of aliphatic hydroxyl groups excluding tert-OH is 1. The SMILES string of the molecule is Cc1noc(CNC(=O)CCC(C)O)n1. The monoisotopic (exact) mass is 213 g/mol. The van der Waals surface area contributed by atoms with Crippen LogP contribution >= 0.6 is 0 Å². The molecule has 0 spiro atoms. The molecule has 6 nitrogen and oxygen atoms in total. The molecule has 0 aliphatic carbocycles. The highest BCUT2D eigenvalue weighted by Crippen LogP contribution is 1.97. The Bertz CT molecular complexity index is 322. The number of aromatic nitrogens is 2. The van der Waals surface area contributed by atoms with Gasteiger partial charge in [-0.3, -0.25) is 4.79 Å². The maximum atomic E-state index is 11.2. The molecule has 1 aromatic rings. The molecular formula is C9H15N3O3. The molecule has 0 radical (unpaired) electrons. The summed E-state index contributed by atoms with van der Waals surface area (Å²) in [5, 5.41) is 15.2. The van der Waals surface area contributed by atoms with E-state index in [0.717, 1.165) is 0 Å². The van der Waals surface area contributed by atoms with Crippen molar-refractivity contribution in [1.29, 1.82) is 0 Å². The van der Waals surface area contributed by atoms with Gasteiger partial charge in [-0.2, -0.15) is 4.98 Å². The van der Waals surface area contributed by atoms with Gasteiger partial charge in [-0.25, -0.2) is 0 Å². The molecular weight excluding hydrogens is 198 g/mol. The smallest absolute Gasteiger partial charge is 0.246 e. The third-order valence-corrected chi connectivity index (χ3v) is 1.80. The molecule has 84 valence electrons. The molecule has 0 aliphatic rings. The van der Waals surface area contributed by atoms with Crippen LogP contribution in [0.1, 0.15) is 31.5 Å². The lowest BCUT2D eigenvalue weighted by atomic mass is 10.2. The number of rotatable bonds is 5. The van der Waals surface area contributed by atoms with Gasteiger partial charge >= 0.3 is 0 Å². The van der Waals surface area contributed by atoms with Crippen molar-refractivity contribution in [2.45, 2.75) is 39.3 Å². The van der Waals surface area contributed by atoms with Gasteiger partial charge in [0.25, 0.3) is 0 Å². The second kappa shape index (κ2) is 5.45. The standard InChI is InChI=1S/C9H15N3O3/c1-6(13)3-4-8(14)10-5-9-11-7(2)12-15-9/h6,13H,3-5H2,1-2H3,(H,10,14). The van der Waals surface area contributed by atoms with Crippen LogP contribution in [0.3, 0.4) is 0 Å². The fourth-order valence-electron chi connectivity index (χ4n) is 1.01. The summed E-state index contributed by atoms with van der Waals surface area (Å²) in [4.78, 5) is 15.2. The number of nitrogens with zero attached hydrogens (tertiary/aromatic N) is 2. The van der Waals surface area contributed by atoms with Gasteiger partial charge in [-0.05, 0) is 20.3 Å². The summed E-state index contributed by atoms with van der Waals surface area (Å²) in [7, 11) is 0. The highest BCUT2D eigenvalue weighted by Gasteiger charge is 2.06. The third-order valence-electron chi connectivity index (χ3n) is 1.80. The van der Waals surface area contributed by atoms with Crippen LogP contribution in [0.4, 0.5) is 0 Å². The van der Waals surface area contributed by atoms with Crippen molar-refractivity contribution in [3.63, 3.8) is 0 Å². The molecule has 0 fully saturated rings. The first-order chi connectivity index (χ1) is 7.08. The lowest BCUT2D eigenvalue weighted by molar-refractivity contribution is -0.121. The van der Waals surface area contributed by atoms with Crippen LogP contribution < -0.4 is 5.32 Å². The summed E-state index contributed by atoms with van der Waals surface area (Å²) >= 11 is 0. The molecule has 0 aromatic carbocycles. The first-order valence-corrected chi connectivity index (χ1v) is 4.82. The summed E-state index contributed by atoms with van der Waals surface area (Å²) in [5.74, 6) is 0.799. The van der Waals surface area contributed by atoms with E-state index in [2.05, 4.69) is 15.5 Å². The van der Waals surface area contributed by atoms with Gasteiger partial charge in [0.05, 0.1) is 12.6 Å². The highest BCUT2D eigenvalue weighted by molar-refractivity contribution is 5.75.